The summed E-state index contributed by atoms with van der Waals surface area (Å²) < 4.78 is 0. The van der Waals surface area contributed by atoms with Crippen LogP contribution >= 0.6 is 0 Å². The largest absolute Gasteiger partial charge is 0.481 e. The van der Waals surface area contributed by atoms with Gasteiger partial charge in [-0.25, -0.2) is 19.2 Å². The minimum atomic E-state index is -1.79. The number of aliphatic hydroxyl groups is 2. The SMILES string of the molecule is CC(=O)C(=O)O.C[C@H](O)C(=O)O.O=C(O)CC(=O)C(=O)O.O=C(O)C[C@H](O)C(=O)O.O=C=O.O=C=O. The van der Waals surface area contributed by atoms with Crippen LogP contribution in [0, 0.1) is 0 Å². The Bertz CT molecular complexity index is 786. The Morgan fingerprint density at radius 1 is 0.639 bits per heavy atom. The lowest BCUT2D eigenvalue weighted by atomic mass is 10.3. The molecule has 0 fully saturated rings. The van der Waals surface area contributed by atoms with Gasteiger partial charge in [0.25, 0.3) is 5.78 Å². The van der Waals surface area contributed by atoms with E-state index in [1.54, 1.807) is 0 Å². The molecule has 0 aliphatic carbocycles. The molecule has 0 bridgehead atoms. The maximum absolute atomic E-state index is 9.97. The van der Waals surface area contributed by atoms with Crippen LogP contribution in [0.3, 0.4) is 0 Å². The zero-order valence-corrected chi connectivity index (χ0v) is 18.0. The molecule has 2 atom stereocenters. The van der Waals surface area contributed by atoms with E-state index in [2.05, 4.69) is 0 Å². The van der Waals surface area contributed by atoms with Gasteiger partial charge in [-0.15, -0.1) is 0 Å². The molecule has 20 nitrogen and oxygen atoms in total. The summed E-state index contributed by atoms with van der Waals surface area (Å²) in [5.41, 5.74) is 0. The molecule has 36 heavy (non-hydrogen) atoms. The summed E-state index contributed by atoms with van der Waals surface area (Å²) in [7, 11) is 0. The molecule has 0 radical (unpaired) electrons. The third-order valence-corrected chi connectivity index (χ3v) is 1.86. The lowest BCUT2D eigenvalue weighted by Gasteiger charge is -1.97. The van der Waals surface area contributed by atoms with Crippen molar-refractivity contribution in [1.29, 1.82) is 0 Å². The van der Waals surface area contributed by atoms with Gasteiger partial charge in [-0.1, -0.05) is 0 Å². The van der Waals surface area contributed by atoms with Gasteiger partial charge in [0, 0.05) is 6.92 Å². The predicted molar refractivity (Wildman–Crippen MR) is 98.4 cm³/mol. The monoisotopic (exact) mass is 532 g/mol. The molecule has 0 aromatic heterocycles. The number of carboxylic acid groups (broad SMARTS) is 6. The first-order valence-corrected chi connectivity index (χ1v) is 7.93. The number of carboxylic acids is 6. The van der Waals surface area contributed by atoms with Crippen LogP contribution in [0.2, 0.25) is 0 Å². The van der Waals surface area contributed by atoms with Crippen LogP contribution in [0.25, 0.3) is 0 Å². The molecule has 20 heteroatoms. The van der Waals surface area contributed by atoms with E-state index in [0.717, 1.165) is 6.92 Å². The number of carbonyl (C=O) groups is 8. The topological polar surface area (TPSA) is 367 Å². The summed E-state index contributed by atoms with van der Waals surface area (Å²) >= 11 is 0. The summed E-state index contributed by atoms with van der Waals surface area (Å²) in [4.78, 5) is 109. The summed E-state index contributed by atoms with van der Waals surface area (Å²) in [5.74, 6) is -10.7. The van der Waals surface area contributed by atoms with Crippen molar-refractivity contribution in [3.05, 3.63) is 0 Å². The summed E-state index contributed by atoms with van der Waals surface area (Å²) in [6, 6.07) is 0. The van der Waals surface area contributed by atoms with Gasteiger partial charge >= 0.3 is 48.1 Å². The fraction of sp³-hybridized carbons (Fsp3) is 0.375. The molecule has 0 aliphatic rings. The number of aliphatic carboxylic acids is 6. The van der Waals surface area contributed by atoms with E-state index in [1.165, 1.54) is 6.92 Å². The van der Waals surface area contributed by atoms with E-state index >= 15 is 0 Å². The van der Waals surface area contributed by atoms with Gasteiger partial charge in [-0.2, -0.15) is 19.2 Å². The Morgan fingerprint density at radius 2 is 0.917 bits per heavy atom. The van der Waals surface area contributed by atoms with Crippen molar-refractivity contribution in [2.45, 2.75) is 38.9 Å². The summed E-state index contributed by atoms with van der Waals surface area (Å²) in [5, 5.41) is 63.2. The van der Waals surface area contributed by atoms with Crippen LogP contribution in [0.5, 0.6) is 0 Å². The van der Waals surface area contributed by atoms with Crippen LogP contribution in [0.4, 0.5) is 0 Å². The van der Waals surface area contributed by atoms with Gasteiger partial charge in [0.15, 0.2) is 6.10 Å². The number of hydrogen-bond acceptors (Lipinski definition) is 14. The first-order valence-electron chi connectivity index (χ1n) is 7.93. The first-order chi connectivity index (χ1) is 16.2. The Kier molecular flexibility index (Phi) is 36.9. The zero-order valence-electron chi connectivity index (χ0n) is 18.0. The quantitative estimate of drug-likeness (QED) is 0.109. The van der Waals surface area contributed by atoms with Crippen molar-refractivity contribution in [2.75, 3.05) is 0 Å². The molecule has 0 rings (SSSR count). The molecule has 0 aromatic carbocycles. The molecule has 0 spiro atoms. The number of rotatable bonds is 8. The standard InChI is InChI=1S/C4H6O5.C4H4O5.C3H6O3.C3H4O3.2CO2/c2*5-2(4(8)9)1-3(6)7;2*1-2(4)3(5)6;2*2-1-3/h2,5H,1H2,(H,6,7)(H,8,9);1H2,(H,6,7)(H,8,9);2,4H,1H3,(H,5,6);1H3,(H,5,6);;/t2-;;2-;;;/m0.0.../s1. The average Bonchev–Trinajstić information content (AvgIpc) is 2.69. The molecule has 0 amide bonds. The third kappa shape index (κ3) is 63.0. The zero-order chi connectivity index (χ0) is 30.6. The molecule has 0 unspecified atom stereocenters. The van der Waals surface area contributed by atoms with Crippen molar-refractivity contribution < 1.29 is 98.4 Å². The van der Waals surface area contributed by atoms with Gasteiger partial charge in [-0.05, 0) is 6.92 Å². The van der Waals surface area contributed by atoms with E-state index in [9.17, 15) is 38.4 Å². The van der Waals surface area contributed by atoms with Gasteiger partial charge in [0.1, 0.15) is 12.5 Å². The molecule has 0 saturated carbocycles. The summed E-state index contributed by atoms with van der Waals surface area (Å²) in [6.07, 6.45) is -4.22. The highest BCUT2D eigenvalue weighted by Crippen LogP contribution is 1.89. The van der Waals surface area contributed by atoms with Crippen LogP contribution in [0.1, 0.15) is 26.7 Å². The van der Waals surface area contributed by atoms with Crippen LogP contribution < -0.4 is 0 Å². The molecule has 0 aliphatic heterocycles. The fourth-order valence-corrected chi connectivity index (χ4v) is 0.466. The molecule has 0 saturated heterocycles. The van der Waals surface area contributed by atoms with Crippen molar-refractivity contribution in [3.63, 3.8) is 0 Å². The second-order valence-corrected chi connectivity index (χ2v) is 4.79. The van der Waals surface area contributed by atoms with E-state index in [-0.39, 0.29) is 12.3 Å². The van der Waals surface area contributed by atoms with E-state index in [4.69, 9.17) is 60.0 Å². The van der Waals surface area contributed by atoms with E-state index < -0.39 is 72.4 Å². The Labute approximate surface area is 198 Å². The third-order valence-electron chi connectivity index (χ3n) is 1.86. The molecular formula is C16H20O20. The Morgan fingerprint density at radius 3 is 0.972 bits per heavy atom. The van der Waals surface area contributed by atoms with Crippen molar-refractivity contribution in [3.8, 4) is 0 Å². The highest BCUT2D eigenvalue weighted by atomic mass is 16.4. The maximum atomic E-state index is 9.97. The number of carbonyl (C=O) groups excluding carboxylic acids is 6. The van der Waals surface area contributed by atoms with Crippen molar-refractivity contribution >= 4 is 59.7 Å². The lowest BCUT2D eigenvalue weighted by Crippen LogP contribution is -2.22. The Hall–Kier alpha value is -5.16. The van der Waals surface area contributed by atoms with Gasteiger partial charge < -0.3 is 40.9 Å². The second-order valence-electron chi connectivity index (χ2n) is 4.79. The minimum absolute atomic E-state index is 0.250. The highest BCUT2D eigenvalue weighted by molar-refractivity contribution is 6.35. The molecule has 204 valence electrons. The predicted octanol–water partition coefficient (Wildman–Crippen LogP) is -4.03. The number of Topliss-reactive ketones (excluding diaryl/α,β-unsaturated/α-hetero) is 2. The first kappa shape index (κ1) is 44.5. The average molecular weight is 532 g/mol. The van der Waals surface area contributed by atoms with Crippen LogP contribution in [-0.2, 0) is 57.5 Å². The van der Waals surface area contributed by atoms with E-state index in [0.29, 0.717) is 0 Å². The van der Waals surface area contributed by atoms with Crippen molar-refractivity contribution in [1.82, 2.24) is 0 Å². The highest BCUT2D eigenvalue weighted by Gasteiger charge is 2.16. The smallest absolute Gasteiger partial charge is 0.373 e. The number of aliphatic hydroxyl groups excluding tert-OH is 2. The van der Waals surface area contributed by atoms with E-state index in [1.807, 2.05) is 0 Å². The van der Waals surface area contributed by atoms with Crippen LogP contribution in [0.15, 0.2) is 0 Å². The molecule has 8 N–H and O–H groups in total. The minimum Gasteiger partial charge on any atom is -0.481 e. The molecule has 0 heterocycles. The Balaban J connectivity index is -0.0000000785. The van der Waals surface area contributed by atoms with Gasteiger partial charge in [0.2, 0.25) is 5.78 Å². The molecular weight excluding hydrogens is 512 g/mol. The summed E-state index contributed by atoms with van der Waals surface area (Å²) in [6.45, 7) is 2.20. The fourth-order valence-electron chi connectivity index (χ4n) is 0.466. The lowest BCUT2D eigenvalue weighted by molar-refractivity contribution is -0.193. The second kappa shape index (κ2) is 29.8. The number of hydrogen-bond donors (Lipinski definition) is 8. The number of ketones is 2. The van der Waals surface area contributed by atoms with Gasteiger partial charge in [-0.3, -0.25) is 19.2 Å². The van der Waals surface area contributed by atoms with Crippen molar-refractivity contribution in [2.24, 2.45) is 0 Å². The van der Waals surface area contributed by atoms with Gasteiger partial charge in [0.05, 0.1) is 6.42 Å². The molecule has 0 aromatic rings. The maximum Gasteiger partial charge on any atom is 0.373 e. The normalized spacial score (nSPS) is 9.22. The van der Waals surface area contributed by atoms with Crippen LogP contribution in [-0.4, -0.2) is 113 Å².